The highest BCUT2D eigenvalue weighted by atomic mass is 14.7. The van der Waals surface area contributed by atoms with E-state index < -0.39 is 0 Å². The summed E-state index contributed by atoms with van der Waals surface area (Å²) in [5, 5.41) is 0. The smallest absolute Gasteiger partial charge is 0.0283 e. The summed E-state index contributed by atoms with van der Waals surface area (Å²) in [7, 11) is 0. The van der Waals surface area contributed by atoms with Gasteiger partial charge in [-0.3, -0.25) is 0 Å². The van der Waals surface area contributed by atoms with Crippen LogP contribution in [0, 0.1) is 23.2 Å². The lowest BCUT2D eigenvalue weighted by molar-refractivity contribution is -0.0591. The van der Waals surface area contributed by atoms with Gasteiger partial charge in [-0.25, -0.2) is 0 Å². The Morgan fingerprint density at radius 2 is 1.50 bits per heavy atom. The third-order valence-corrected chi connectivity index (χ3v) is 5.31. The third-order valence-electron chi connectivity index (χ3n) is 5.31. The molecule has 0 heterocycles. The molecule has 4 aliphatic rings. The zero-order valence-corrected chi connectivity index (χ0v) is 10.7. The van der Waals surface area contributed by atoms with Crippen LogP contribution in [-0.2, 0) is 0 Å². The molecule has 16 heavy (non-hydrogen) atoms. The molecular weight excluding hydrogens is 194 g/mol. The maximum absolute atomic E-state index is 6.50. The van der Waals surface area contributed by atoms with Gasteiger partial charge in [0.15, 0.2) is 0 Å². The predicted octanol–water partition coefficient (Wildman–Crippen LogP) is 3.50. The largest absolute Gasteiger partial charge is 0.324 e. The Morgan fingerprint density at radius 1 is 1.06 bits per heavy atom. The van der Waals surface area contributed by atoms with E-state index in [4.69, 9.17) is 5.73 Å². The van der Waals surface area contributed by atoms with Crippen molar-refractivity contribution in [1.82, 2.24) is 0 Å². The van der Waals surface area contributed by atoms with Gasteiger partial charge in [0.2, 0.25) is 0 Å². The van der Waals surface area contributed by atoms with Gasteiger partial charge in [0.25, 0.3) is 0 Å². The van der Waals surface area contributed by atoms with Gasteiger partial charge < -0.3 is 5.73 Å². The van der Waals surface area contributed by atoms with Crippen molar-refractivity contribution in [2.24, 2.45) is 28.9 Å². The minimum atomic E-state index is 0.325. The molecule has 1 nitrogen and oxygen atoms in total. The van der Waals surface area contributed by atoms with Crippen LogP contribution >= 0.6 is 0 Å². The van der Waals surface area contributed by atoms with Crippen LogP contribution in [-0.4, -0.2) is 6.04 Å². The quantitative estimate of drug-likeness (QED) is 0.707. The van der Waals surface area contributed by atoms with Crippen molar-refractivity contribution in [3.05, 3.63) is 11.6 Å². The van der Waals surface area contributed by atoms with Gasteiger partial charge in [-0.05, 0) is 75.5 Å². The summed E-state index contributed by atoms with van der Waals surface area (Å²) >= 11 is 0. The van der Waals surface area contributed by atoms with Crippen molar-refractivity contribution in [3.63, 3.8) is 0 Å². The topological polar surface area (TPSA) is 26.0 Å². The average Bonchev–Trinajstić information content (AvgIpc) is 2.13. The molecule has 0 aromatic rings. The summed E-state index contributed by atoms with van der Waals surface area (Å²) in [4.78, 5) is 0. The maximum Gasteiger partial charge on any atom is 0.0283 e. The molecule has 4 rings (SSSR count). The highest BCUT2D eigenvalue weighted by Crippen LogP contribution is 2.61. The Bertz CT molecular complexity index is 276. The summed E-state index contributed by atoms with van der Waals surface area (Å²) in [5.74, 6) is 3.05. The van der Waals surface area contributed by atoms with E-state index in [-0.39, 0.29) is 0 Å². The van der Waals surface area contributed by atoms with Crippen molar-refractivity contribution in [2.75, 3.05) is 0 Å². The van der Waals surface area contributed by atoms with E-state index >= 15 is 0 Å². The molecule has 1 unspecified atom stereocenters. The first-order valence-electron chi connectivity index (χ1n) is 6.98. The molecule has 0 aromatic heterocycles. The molecule has 4 bridgehead atoms. The Kier molecular flexibility index (Phi) is 2.43. The summed E-state index contributed by atoms with van der Waals surface area (Å²) in [6.07, 6.45) is 11.1. The van der Waals surface area contributed by atoms with Crippen LogP contribution in [0.15, 0.2) is 11.6 Å². The Balaban J connectivity index is 1.85. The molecule has 0 saturated heterocycles. The van der Waals surface area contributed by atoms with Gasteiger partial charge in [0, 0.05) is 6.04 Å². The molecule has 4 fully saturated rings. The van der Waals surface area contributed by atoms with Crippen molar-refractivity contribution >= 4 is 0 Å². The second-order valence-electron chi connectivity index (χ2n) is 7.05. The number of hydrogen-bond acceptors (Lipinski definition) is 1. The van der Waals surface area contributed by atoms with Crippen molar-refractivity contribution in [1.29, 1.82) is 0 Å². The highest BCUT2D eigenvalue weighted by Gasteiger charge is 2.52. The molecule has 0 aliphatic heterocycles. The molecule has 0 aromatic carbocycles. The zero-order chi connectivity index (χ0) is 11.3. The van der Waals surface area contributed by atoms with Gasteiger partial charge in [-0.2, -0.15) is 0 Å². The van der Waals surface area contributed by atoms with Crippen molar-refractivity contribution in [2.45, 2.75) is 58.4 Å². The van der Waals surface area contributed by atoms with Crippen LogP contribution in [0.5, 0.6) is 0 Å². The van der Waals surface area contributed by atoms with Gasteiger partial charge in [0.1, 0.15) is 0 Å². The lowest BCUT2D eigenvalue weighted by atomic mass is 9.48. The van der Waals surface area contributed by atoms with E-state index in [0.29, 0.717) is 11.5 Å². The molecular formula is C15H25N. The second kappa shape index (κ2) is 3.60. The number of rotatable bonds is 2. The molecule has 1 heteroatoms. The summed E-state index contributed by atoms with van der Waals surface area (Å²) in [6.45, 7) is 4.36. The Labute approximate surface area is 99.5 Å². The molecule has 90 valence electrons. The van der Waals surface area contributed by atoms with Gasteiger partial charge in [-0.1, -0.05) is 11.6 Å². The van der Waals surface area contributed by atoms with E-state index in [1.54, 1.807) is 0 Å². The number of hydrogen-bond donors (Lipinski definition) is 1. The van der Waals surface area contributed by atoms with Crippen LogP contribution in [0.25, 0.3) is 0 Å². The van der Waals surface area contributed by atoms with E-state index in [1.807, 2.05) is 0 Å². The van der Waals surface area contributed by atoms with E-state index in [0.717, 1.165) is 17.8 Å². The van der Waals surface area contributed by atoms with Crippen LogP contribution in [0.4, 0.5) is 0 Å². The molecule has 1 atom stereocenters. The standard InChI is InChI=1S/C15H25N/c1-10(2)3-14(16)15-7-11-4-12(8-15)6-13(5-11)9-15/h3,11-14H,4-9,16H2,1-2H3. The first-order chi connectivity index (χ1) is 7.57. The molecule has 4 aliphatic carbocycles. The van der Waals surface area contributed by atoms with E-state index in [9.17, 15) is 0 Å². The second-order valence-corrected chi connectivity index (χ2v) is 7.05. The molecule has 0 amide bonds. The molecule has 2 N–H and O–H groups in total. The maximum atomic E-state index is 6.50. The lowest BCUT2D eigenvalue weighted by Crippen LogP contribution is -2.53. The minimum absolute atomic E-state index is 0.325. The van der Waals surface area contributed by atoms with Crippen LogP contribution in [0.2, 0.25) is 0 Å². The van der Waals surface area contributed by atoms with E-state index in [2.05, 4.69) is 19.9 Å². The monoisotopic (exact) mass is 219 g/mol. The first-order valence-corrected chi connectivity index (χ1v) is 6.98. The van der Waals surface area contributed by atoms with Crippen LogP contribution in [0.1, 0.15) is 52.4 Å². The zero-order valence-electron chi connectivity index (χ0n) is 10.7. The third kappa shape index (κ3) is 1.64. The Morgan fingerprint density at radius 3 is 1.88 bits per heavy atom. The minimum Gasteiger partial charge on any atom is -0.324 e. The van der Waals surface area contributed by atoms with Gasteiger partial charge in [0.05, 0.1) is 0 Å². The SMILES string of the molecule is CC(C)=CC(N)C12CC3CC(CC(C3)C1)C2. The normalized spacial score (nSPS) is 46.8. The van der Waals surface area contributed by atoms with Gasteiger partial charge >= 0.3 is 0 Å². The fourth-order valence-electron chi connectivity index (χ4n) is 5.12. The fraction of sp³-hybridized carbons (Fsp3) is 0.867. The summed E-state index contributed by atoms with van der Waals surface area (Å²) in [6, 6.07) is 0.325. The lowest BCUT2D eigenvalue weighted by Gasteiger charge is -2.58. The highest BCUT2D eigenvalue weighted by molar-refractivity contribution is 5.13. The van der Waals surface area contributed by atoms with Crippen LogP contribution in [0.3, 0.4) is 0 Å². The molecule has 4 saturated carbocycles. The molecule has 0 radical (unpaired) electrons. The van der Waals surface area contributed by atoms with Gasteiger partial charge in [-0.15, -0.1) is 0 Å². The number of allylic oxidation sites excluding steroid dienone is 1. The fourth-order valence-corrected chi connectivity index (χ4v) is 5.12. The first kappa shape index (κ1) is 10.8. The van der Waals surface area contributed by atoms with Crippen molar-refractivity contribution < 1.29 is 0 Å². The average molecular weight is 219 g/mol. The predicted molar refractivity (Wildman–Crippen MR) is 68.0 cm³/mol. The molecule has 0 spiro atoms. The van der Waals surface area contributed by atoms with Crippen molar-refractivity contribution in [3.8, 4) is 0 Å². The van der Waals surface area contributed by atoms with Crippen LogP contribution < -0.4 is 5.73 Å². The van der Waals surface area contributed by atoms with E-state index in [1.165, 1.54) is 44.1 Å². The Hall–Kier alpha value is -0.300. The summed E-state index contributed by atoms with van der Waals surface area (Å²) < 4.78 is 0. The summed E-state index contributed by atoms with van der Waals surface area (Å²) in [5.41, 5.74) is 8.38. The number of nitrogens with two attached hydrogens (primary N) is 1.